The number of carbonyl (C=O) groups excluding carboxylic acids is 1. The summed E-state index contributed by atoms with van der Waals surface area (Å²) in [5, 5.41) is 19.2. The van der Waals surface area contributed by atoms with Crippen molar-refractivity contribution in [1.82, 2.24) is 4.57 Å². The molecule has 0 bridgehead atoms. The Hall–Kier alpha value is -3.59. The fourth-order valence-corrected chi connectivity index (χ4v) is 3.74. The normalized spacial score (nSPS) is 10.6. The Morgan fingerprint density at radius 2 is 1.58 bits per heavy atom. The van der Waals surface area contributed by atoms with E-state index < -0.39 is 5.97 Å². The first-order chi connectivity index (χ1) is 14.9. The Morgan fingerprint density at radius 3 is 2.19 bits per heavy atom. The second kappa shape index (κ2) is 10.4. The Labute approximate surface area is 184 Å². The fourth-order valence-electron chi connectivity index (χ4n) is 2.83. The van der Waals surface area contributed by atoms with Gasteiger partial charge in [-0.15, -0.1) is 11.8 Å². The second-order valence-corrected chi connectivity index (χ2v) is 7.87. The van der Waals surface area contributed by atoms with Crippen molar-refractivity contribution in [2.45, 2.75) is 24.3 Å². The zero-order valence-corrected chi connectivity index (χ0v) is 17.6. The molecule has 0 aliphatic carbocycles. The Morgan fingerprint density at radius 1 is 0.935 bits per heavy atom. The maximum absolute atomic E-state index is 12.3. The number of carbonyl (C=O) groups is 1. The van der Waals surface area contributed by atoms with E-state index in [-0.39, 0.29) is 17.7 Å². The van der Waals surface area contributed by atoms with E-state index in [0.717, 1.165) is 23.5 Å². The standard InChI is InChI=1S/C22H24N4O4S/c23-22(24)25-16-5-3-15(4-6-16)21(29)30-17-7-9-18(10-8-17)31-14-2-1-13-26-19(27)11-12-20(26)28/h3-12,27-28H,1-2,13-14H2,(H4,23,24,25). The highest BCUT2D eigenvalue weighted by Crippen LogP contribution is 2.25. The van der Waals surface area contributed by atoms with Gasteiger partial charge in [0.1, 0.15) is 5.75 Å². The molecular formula is C22H24N4O4S. The lowest BCUT2D eigenvalue weighted by molar-refractivity contribution is 0.0734. The van der Waals surface area contributed by atoms with Crippen LogP contribution in [0.3, 0.4) is 0 Å². The summed E-state index contributed by atoms with van der Waals surface area (Å²) in [5.41, 5.74) is 11.6. The number of esters is 1. The van der Waals surface area contributed by atoms with Crippen LogP contribution in [0.2, 0.25) is 0 Å². The second-order valence-electron chi connectivity index (χ2n) is 6.70. The van der Waals surface area contributed by atoms with Crippen LogP contribution in [-0.2, 0) is 6.54 Å². The molecule has 1 heterocycles. The molecular weight excluding hydrogens is 416 g/mol. The average molecular weight is 441 g/mol. The van der Waals surface area contributed by atoms with Crippen molar-refractivity contribution in [1.29, 1.82) is 0 Å². The lowest BCUT2D eigenvalue weighted by Crippen LogP contribution is -2.21. The summed E-state index contributed by atoms with van der Waals surface area (Å²) in [4.78, 5) is 17.2. The number of aromatic nitrogens is 1. The number of hydrogen-bond acceptors (Lipinski definition) is 6. The van der Waals surface area contributed by atoms with Crippen LogP contribution in [0.5, 0.6) is 17.5 Å². The molecule has 3 aromatic rings. The van der Waals surface area contributed by atoms with Crippen LogP contribution >= 0.6 is 11.8 Å². The molecule has 31 heavy (non-hydrogen) atoms. The third kappa shape index (κ3) is 6.45. The number of hydrogen-bond donors (Lipinski definition) is 4. The van der Waals surface area contributed by atoms with E-state index in [9.17, 15) is 15.0 Å². The summed E-state index contributed by atoms with van der Waals surface area (Å²) in [6.07, 6.45) is 1.76. The lowest BCUT2D eigenvalue weighted by atomic mass is 10.2. The predicted molar refractivity (Wildman–Crippen MR) is 121 cm³/mol. The van der Waals surface area contributed by atoms with Crippen molar-refractivity contribution >= 4 is 29.4 Å². The van der Waals surface area contributed by atoms with Gasteiger partial charge in [-0.1, -0.05) is 0 Å². The highest BCUT2D eigenvalue weighted by Gasteiger charge is 2.09. The largest absolute Gasteiger partial charge is 0.494 e. The molecule has 0 saturated carbocycles. The molecule has 1 aromatic heterocycles. The molecule has 0 aliphatic rings. The van der Waals surface area contributed by atoms with Crippen LogP contribution < -0.4 is 16.2 Å². The molecule has 0 amide bonds. The van der Waals surface area contributed by atoms with Crippen molar-refractivity contribution in [3.8, 4) is 17.5 Å². The third-order valence-corrected chi connectivity index (χ3v) is 5.47. The minimum absolute atomic E-state index is 0.0484. The summed E-state index contributed by atoms with van der Waals surface area (Å²) >= 11 is 1.69. The molecule has 0 radical (unpaired) electrons. The number of nitrogens with two attached hydrogens (primary N) is 2. The van der Waals surface area contributed by atoms with E-state index in [1.807, 2.05) is 12.1 Å². The molecule has 0 atom stereocenters. The van der Waals surface area contributed by atoms with Gasteiger partial charge in [-0.25, -0.2) is 9.79 Å². The number of benzene rings is 2. The Balaban J connectivity index is 1.43. The SMILES string of the molecule is NC(N)=Nc1ccc(C(=O)Oc2ccc(SCCCCn3c(O)ccc3O)cc2)cc1. The van der Waals surface area contributed by atoms with Crippen LogP contribution in [0.15, 0.2) is 70.6 Å². The van der Waals surface area contributed by atoms with Crippen molar-refractivity contribution in [2.75, 3.05) is 5.75 Å². The van der Waals surface area contributed by atoms with Gasteiger partial charge in [-0.3, -0.25) is 4.57 Å². The van der Waals surface area contributed by atoms with Crippen molar-refractivity contribution in [3.63, 3.8) is 0 Å². The van der Waals surface area contributed by atoms with Gasteiger partial charge in [-0.2, -0.15) is 0 Å². The molecule has 0 aliphatic heterocycles. The van der Waals surface area contributed by atoms with Gasteiger partial charge >= 0.3 is 5.97 Å². The maximum Gasteiger partial charge on any atom is 0.343 e. The van der Waals surface area contributed by atoms with E-state index in [2.05, 4.69) is 4.99 Å². The fraction of sp³-hybridized carbons (Fsp3) is 0.182. The van der Waals surface area contributed by atoms with Gasteiger partial charge < -0.3 is 26.4 Å². The van der Waals surface area contributed by atoms with Gasteiger partial charge in [0.25, 0.3) is 0 Å². The molecule has 0 fully saturated rings. The van der Waals surface area contributed by atoms with E-state index in [0.29, 0.717) is 23.5 Å². The highest BCUT2D eigenvalue weighted by molar-refractivity contribution is 7.99. The van der Waals surface area contributed by atoms with Crippen LogP contribution in [0.4, 0.5) is 5.69 Å². The number of guanidine groups is 1. The molecule has 162 valence electrons. The molecule has 6 N–H and O–H groups in total. The lowest BCUT2D eigenvalue weighted by Gasteiger charge is -2.07. The van der Waals surface area contributed by atoms with E-state index in [4.69, 9.17) is 16.2 Å². The summed E-state index contributed by atoms with van der Waals surface area (Å²) in [5.74, 6) is 0.978. The molecule has 0 saturated heterocycles. The van der Waals surface area contributed by atoms with Crippen LogP contribution in [0.25, 0.3) is 0 Å². The number of aliphatic imine (C=N–C) groups is 1. The number of ether oxygens (including phenoxy) is 1. The number of thioether (sulfide) groups is 1. The Kier molecular flexibility index (Phi) is 7.45. The van der Waals surface area contributed by atoms with Gasteiger partial charge in [0, 0.05) is 23.6 Å². The minimum Gasteiger partial charge on any atom is -0.494 e. The number of nitrogens with zero attached hydrogens (tertiary/aromatic N) is 2. The van der Waals surface area contributed by atoms with Gasteiger partial charge in [0.05, 0.1) is 11.3 Å². The first kappa shape index (κ1) is 22.1. The maximum atomic E-state index is 12.3. The smallest absolute Gasteiger partial charge is 0.343 e. The van der Waals surface area contributed by atoms with E-state index in [1.54, 1.807) is 48.2 Å². The molecule has 0 spiro atoms. The number of aromatic hydroxyl groups is 2. The minimum atomic E-state index is -0.465. The topological polar surface area (TPSA) is 136 Å². The molecule has 8 nitrogen and oxygen atoms in total. The van der Waals surface area contributed by atoms with E-state index >= 15 is 0 Å². The molecule has 9 heteroatoms. The quantitative estimate of drug-likeness (QED) is 0.0996. The van der Waals surface area contributed by atoms with Crippen LogP contribution in [-0.4, -0.2) is 32.5 Å². The number of rotatable bonds is 9. The Bertz CT molecular complexity index is 1020. The van der Waals surface area contributed by atoms with E-state index in [1.165, 1.54) is 16.7 Å². The van der Waals surface area contributed by atoms with Crippen molar-refractivity contribution in [3.05, 3.63) is 66.2 Å². The summed E-state index contributed by atoms with van der Waals surface area (Å²) < 4.78 is 6.87. The predicted octanol–water partition coefficient (Wildman–Crippen LogP) is 3.60. The monoisotopic (exact) mass is 440 g/mol. The molecule has 0 unspecified atom stereocenters. The molecule has 2 aromatic carbocycles. The summed E-state index contributed by atoms with van der Waals surface area (Å²) in [7, 11) is 0. The van der Waals surface area contributed by atoms with Crippen LogP contribution in [0.1, 0.15) is 23.2 Å². The number of unbranched alkanes of at least 4 members (excludes halogenated alkanes) is 1. The zero-order chi connectivity index (χ0) is 22.2. The van der Waals surface area contributed by atoms with Crippen molar-refractivity contribution < 1.29 is 19.7 Å². The van der Waals surface area contributed by atoms with Crippen LogP contribution in [0, 0.1) is 0 Å². The third-order valence-electron chi connectivity index (χ3n) is 4.37. The van der Waals surface area contributed by atoms with Gasteiger partial charge in [0.2, 0.25) is 0 Å². The summed E-state index contributed by atoms with van der Waals surface area (Å²) in [6, 6.07) is 16.7. The molecule has 3 rings (SSSR count). The first-order valence-corrected chi connectivity index (χ1v) is 10.6. The average Bonchev–Trinajstić information content (AvgIpc) is 3.06. The summed E-state index contributed by atoms with van der Waals surface area (Å²) in [6.45, 7) is 0.563. The first-order valence-electron chi connectivity index (χ1n) is 9.64. The highest BCUT2D eigenvalue weighted by atomic mass is 32.2. The van der Waals surface area contributed by atoms with Crippen molar-refractivity contribution in [2.24, 2.45) is 16.5 Å². The van der Waals surface area contributed by atoms with Gasteiger partial charge in [0.15, 0.2) is 17.7 Å². The zero-order valence-electron chi connectivity index (χ0n) is 16.8. The van der Waals surface area contributed by atoms with Gasteiger partial charge in [-0.05, 0) is 67.1 Å².